The number of benzene rings is 2. The molecule has 0 radical (unpaired) electrons. The van der Waals surface area contributed by atoms with E-state index in [1.54, 1.807) is 24.3 Å². The van der Waals surface area contributed by atoms with Crippen LogP contribution in [0.5, 0.6) is 17.2 Å². The van der Waals surface area contributed by atoms with Gasteiger partial charge in [-0.1, -0.05) is 25.8 Å². The van der Waals surface area contributed by atoms with Crippen LogP contribution in [0.15, 0.2) is 42.0 Å². The highest BCUT2D eigenvalue weighted by molar-refractivity contribution is 6.46. The van der Waals surface area contributed by atoms with Crippen LogP contribution in [0.4, 0.5) is 0 Å². The van der Waals surface area contributed by atoms with Gasteiger partial charge in [0.05, 0.1) is 31.4 Å². The van der Waals surface area contributed by atoms with E-state index < -0.39 is 17.7 Å². The number of unbranched alkanes of at least 4 members (excludes halogenated alkanes) is 2. The van der Waals surface area contributed by atoms with Crippen LogP contribution < -0.4 is 14.2 Å². The highest BCUT2D eigenvalue weighted by atomic mass is 16.5. The van der Waals surface area contributed by atoms with Crippen LogP contribution in [0.2, 0.25) is 0 Å². The lowest BCUT2D eigenvalue weighted by Crippen LogP contribution is -2.32. The van der Waals surface area contributed by atoms with E-state index in [1.807, 2.05) is 26.0 Å². The van der Waals surface area contributed by atoms with E-state index in [2.05, 4.69) is 6.92 Å². The molecule has 0 unspecified atom stereocenters. The number of hydrogen-bond acceptors (Lipinski definition) is 7. The zero-order chi connectivity index (χ0) is 27.2. The molecule has 0 aliphatic carbocycles. The zero-order valence-electron chi connectivity index (χ0n) is 22.6. The molecule has 2 aromatic carbocycles. The highest BCUT2D eigenvalue weighted by Crippen LogP contribution is 2.42. The van der Waals surface area contributed by atoms with Gasteiger partial charge in [-0.3, -0.25) is 9.59 Å². The molecule has 2 aliphatic heterocycles. The number of fused-ring (bicyclic) bond motifs is 1. The summed E-state index contributed by atoms with van der Waals surface area (Å²) in [5, 5.41) is 11.4. The molecule has 1 fully saturated rings. The van der Waals surface area contributed by atoms with E-state index in [4.69, 9.17) is 18.9 Å². The Morgan fingerprint density at radius 1 is 1.05 bits per heavy atom. The minimum Gasteiger partial charge on any atom is -0.507 e. The number of ether oxygens (including phenoxy) is 4. The monoisotopic (exact) mass is 523 g/mol. The van der Waals surface area contributed by atoms with Crippen molar-refractivity contribution in [2.45, 2.75) is 58.6 Å². The van der Waals surface area contributed by atoms with Gasteiger partial charge in [-0.2, -0.15) is 0 Å². The van der Waals surface area contributed by atoms with Crippen molar-refractivity contribution in [1.29, 1.82) is 0 Å². The Balaban J connectivity index is 1.76. The molecule has 204 valence electrons. The summed E-state index contributed by atoms with van der Waals surface area (Å²) in [5.41, 5.74) is 2.11. The molecule has 4 rings (SSSR count). The van der Waals surface area contributed by atoms with Gasteiger partial charge in [-0.15, -0.1) is 0 Å². The van der Waals surface area contributed by atoms with Crippen LogP contribution in [-0.4, -0.2) is 61.3 Å². The summed E-state index contributed by atoms with van der Waals surface area (Å²) in [4.78, 5) is 27.9. The summed E-state index contributed by atoms with van der Waals surface area (Å²) in [6.45, 7) is 7.43. The molecule has 0 spiro atoms. The third-order valence-corrected chi connectivity index (χ3v) is 6.83. The molecule has 38 heavy (non-hydrogen) atoms. The summed E-state index contributed by atoms with van der Waals surface area (Å²) in [7, 11) is 1.54. The fourth-order valence-electron chi connectivity index (χ4n) is 4.99. The molecule has 1 amide bonds. The SMILES string of the molecule is CCCCCOc1ccc([C@H]2/C(=C(\O)c3ccc4c(c3)C[C@H](C)O4)C(=O)C(=O)N2CCOC)cc1OCC. The normalized spacial score (nSPS) is 19.9. The Morgan fingerprint density at radius 2 is 1.87 bits per heavy atom. The van der Waals surface area contributed by atoms with E-state index in [0.29, 0.717) is 42.3 Å². The van der Waals surface area contributed by atoms with Crippen molar-refractivity contribution < 1.29 is 33.6 Å². The van der Waals surface area contributed by atoms with Gasteiger partial charge in [0.1, 0.15) is 17.6 Å². The number of likely N-dealkylation sites (tertiary alicyclic amines) is 1. The number of carbonyl (C=O) groups is 2. The average molecular weight is 524 g/mol. The van der Waals surface area contributed by atoms with E-state index in [-0.39, 0.29) is 30.6 Å². The molecule has 8 heteroatoms. The second-order valence-electron chi connectivity index (χ2n) is 9.64. The first kappa shape index (κ1) is 27.5. The van der Waals surface area contributed by atoms with Gasteiger partial charge in [0, 0.05) is 25.6 Å². The number of nitrogens with zero attached hydrogens (tertiary/aromatic N) is 1. The quantitative estimate of drug-likeness (QED) is 0.180. The molecule has 1 saturated heterocycles. The van der Waals surface area contributed by atoms with Crippen molar-refractivity contribution in [3.63, 3.8) is 0 Å². The lowest BCUT2D eigenvalue weighted by atomic mass is 9.94. The topological polar surface area (TPSA) is 94.5 Å². The lowest BCUT2D eigenvalue weighted by Gasteiger charge is -2.26. The summed E-state index contributed by atoms with van der Waals surface area (Å²) < 4.78 is 22.8. The average Bonchev–Trinajstić information content (AvgIpc) is 3.41. The summed E-state index contributed by atoms with van der Waals surface area (Å²) in [6.07, 6.45) is 3.85. The Labute approximate surface area is 224 Å². The molecule has 2 atom stereocenters. The first-order valence-electron chi connectivity index (χ1n) is 13.4. The zero-order valence-corrected chi connectivity index (χ0v) is 22.6. The number of amides is 1. The van der Waals surface area contributed by atoms with Crippen LogP contribution in [0, 0.1) is 0 Å². The van der Waals surface area contributed by atoms with Crippen LogP contribution in [-0.2, 0) is 20.7 Å². The molecule has 0 aromatic heterocycles. The molecule has 2 aliphatic rings. The molecular formula is C30H37NO7. The van der Waals surface area contributed by atoms with Gasteiger partial charge in [0.25, 0.3) is 11.7 Å². The van der Waals surface area contributed by atoms with E-state index in [1.165, 1.54) is 12.0 Å². The number of methoxy groups -OCH3 is 1. The molecule has 0 saturated carbocycles. The first-order valence-corrected chi connectivity index (χ1v) is 13.4. The Bertz CT molecular complexity index is 1210. The van der Waals surface area contributed by atoms with Gasteiger partial charge in [-0.25, -0.2) is 0 Å². The fraction of sp³-hybridized carbons (Fsp3) is 0.467. The van der Waals surface area contributed by atoms with Gasteiger partial charge >= 0.3 is 0 Å². The molecular weight excluding hydrogens is 486 g/mol. The van der Waals surface area contributed by atoms with Crippen LogP contribution >= 0.6 is 0 Å². The molecule has 2 aromatic rings. The van der Waals surface area contributed by atoms with Gasteiger partial charge < -0.3 is 29.0 Å². The standard InChI is InChI=1S/C30H37NO7/c1-5-7-8-14-37-24-12-9-20(18-25(24)36-6-2)27-26(29(33)30(34)31(27)13-15-35-4)28(32)21-10-11-23-22(17-21)16-19(3)38-23/h9-12,17-19,27,32H,5-8,13-16H2,1-4H3/b28-26+/t19-,27-/m0/s1. The number of rotatable bonds is 12. The van der Waals surface area contributed by atoms with Crippen molar-refractivity contribution >= 4 is 17.4 Å². The summed E-state index contributed by atoms with van der Waals surface area (Å²) in [5.74, 6) is 0.280. The maximum Gasteiger partial charge on any atom is 0.295 e. The fourth-order valence-corrected chi connectivity index (χ4v) is 4.99. The van der Waals surface area contributed by atoms with Gasteiger partial charge in [-0.05, 0) is 61.7 Å². The first-order chi connectivity index (χ1) is 18.4. The predicted octanol–water partition coefficient (Wildman–Crippen LogP) is 5.05. The summed E-state index contributed by atoms with van der Waals surface area (Å²) >= 11 is 0. The molecule has 1 N–H and O–H groups in total. The maximum absolute atomic E-state index is 13.3. The van der Waals surface area contributed by atoms with Gasteiger partial charge in [0.2, 0.25) is 0 Å². The number of hydrogen-bond donors (Lipinski definition) is 1. The number of ketones is 1. The largest absolute Gasteiger partial charge is 0.507 e. The van der Waals surface area contributed by atoms with Crippen molar-refractivity contribution in [1.82, 2.24) is 4.90 Å². The number of carbonyl (C=O) groups excluding carboxylic acids is 2. The van der Waals surface area contributed by atoms with Crippen molar-refractivity contribution in [3.8, 4) is 17.2 Å². The molecule has 0 bridgehead atoms. The Hall–Kier alpha value is -3.52. The third-order valence-electron chi connectivity index (χ3n) is 6.83. The number of aliphatic hydroxyl groups is 1. The van der Waals surface area contributed by atoms with Crippen LogP contribution in [0.25, 0.3) is 5.76 Å². The van der Waals surface area contributed by atoms with Crippen molar-refractivity contribution in [2.75, 3.05) is 33.5 Å². The number of Topliss-reactive ketones (excluding diaryl/α,β-unsaturated/α-hetero) is 1. The van der Waals surface area contributed by atoms with E-state index >= 15 is 0 Å². The second-order valence-corrected chi connectivity index (χ2v) is 9.64. The minimum absolute atomic E-state index is 0.0390. The third kappa shape index (κ3) is 5.65. The van der Waals surface area contributed by atoms with E-state index in [9.17, 15) is 14.7 Å². The smallest absolute Gasteiger partial charge is 0.295 e. The maximum atomic E-state index is 13.3. The second kappa shape index (κ2) is 12.3. The van der Waals surface area contributed by atoms with Crippen molar-refractivity contribution in [3.05, 3.63) is 58.7 Å². The lowest BCUT2D eigenvalue weighted by molar-refractivity contribution is -0.140. The molecule has 2 heterocycles. The van der Waals surface area contributed by atoms with Crippen LogP contribution in [0.1, 0.15) is 62.8 Å². The number of aliphatic hydroxyl groups excluding tert-OH is 1. The Kier molecular flexibility index (Phi) is 8.94. The minimum atomic E-state index is -0.804. The molecule has 8 nitrogen and oxygen atoms in total. The van der Waals surface area contributed by atoms with E-state index in [0.717, 1.165) is 30.6 Å². The van der Waals surface area contributed by atoms with Crippen LogP contribution in [0.3, 0.4) is 0 Å². The van der Waals surface area contributed by atoms with Gasteiger partial charge in [0.15, 0.2) is 11.5 Å². The Morgan fingerprint density at radius 3 is 2.61 bits per heavy atom. The summed E-state index contributed by atoms with van der Waals surface area (Å²) in [6, 6.07) is 9.94. The van der Waals surface area contributed by atoms with Crippen molar-refractivity contribution in [2.24, 2.45) is 0 Å². The predicted molar refractivity (Wildman–Crippen MR) is 144 cm³/mol. The highest BCUT2D eigenvalue weighted by Gasteiger charge is 2.46.